The van der Waals surface area contributed by atoms with Crippen molar-refractivity contribution in [3.05, 3.63) is 35.4 Å². The van der Waals surface area contributed by atoms with Gasteiger partial charge in [0, 0.05) is 20.2 Å². The van der Waals surface area contributed by atoms with Gasteiger partial charge in [0.15, 0.2) is 0 Å². The zero-order valence-corrected chi connectivity index (χ0v) is 13.3. The number of hydrogen-bond donors (Lipinski definition) is 1. The van der Waals surface area contributed by atoms with Gasteiger partial charge >= 0.3 is 6.03 Å². The second kappa shape index (κ2) is 7.46. The molecule has 1 fully saturated rings. The topological polar surface area (TPSA) is 41.6 Å². The Morgan fingerprint density at radius 2 is 2.05 bits per heavy atom. The van der Waals surface area contributed by atoms with Crippen molar-refractivity contribution >= 4 is 6.03 Å². The Bertz CT molecular complexity index is 452. The van der Waals surface area contributed by atoms with Crippen LogP contribution in [0.2, 0.25) is 0 Å². The molecule has 0 radical (unpaired) electrons. The van der Waals surface area contributed by atoms with E-state index in [1.165, 1.54) is 5.56 Å². The highest BCUT2D eigenvalue weighted by molar-refractivity contribution is 5.74. The van der Waals surface area contributed by atoms with Gasteiger partial charge in [0.1, 0.15) is 0 Å². The second-order valence-corrected chi connectivity index (χ2v) is 5.82. The summed E-state index contributed by atoms with van der Waals surface area (Å²) < 4.78 is 5.61. The van der Waals surface area contributed by atoms with Crippen LogP contribution >= 0.6 is 0 Å². The van der Waals surface area contributed by atoms with Gasteiger partial charge in [-0.05, 0) is 37.3 Å². The van der Waals surface area contributed by atoms with E-state index in [1.54, 1.807) is 4.90 Å². The number of aryl methyl sites for hydroxylation is 1. The Balaban J connectivity index is 1.83. The van der Waals surface area contributed by atoms with E-state index in [9.17, 15) is 4.79 Å². The normalized spacial score (nSPS) is 19.3. The van der Waals surface area contributed by atoms with Gasteiger partial charge in [0.25, 0.3) is 0 Å². The predicted octanol–water partition coefficient (Wildman–Crippen LogP) is 2.96. The minimum atomic E-state index is -0.0439. The van der Waals surface area contributed by atoms with Gasteiger partial charge in [-0.15, -0.1) is 0 Å². The van der Waals surface area contributed by atoms with Crippen molar-refractivity contribution in [3.8, 4) is 0 Å². The fourth-order valence-corrected chi connectivity index (χ4v) is 2.62. The van der Waals surface area contributed by atoms with Gasteiger partial charge in [0.05, 0.1) is 12.1 Å². The number of urea groups is 1. The molecule has 1 aromatic carbocycles. The fourth-order valence-electron chi connectivity index (χ4n) is 2.62. The first-order chi connectivity index (χ1) is 10.1. The summed E-state index contributed by atoms with van der Waals surface area (Å²) in [5.74, 6) is 0. The molecule has 116 valence electrons. The molecule has 2 unspecified atom stereocenters. The van der Waals surface area contributed by atoms with Crippen LogP contribution in [0.15, 0.2) is 24.3 Å². The summed E-state index contributed by atoms with van der Waals surface area (Å²) in [5, 5.41) is 3.03. The number of benzene rings is 1. The summed E-state index contributed by atoms with van der Waals surface area (Å²) in [5.41, 5.74) is 2.47. The zero-order chi connectivity index (χ0) is 15.2. The lowest BCUT2D eigenvalue weighted by molar-refractivity contribution is 0.0838. The average molecular weight is 290 g/mol. The quantitative estimate of drug-likeness (QED) is 0.906. The molecular weight excluding hydrogens is 264 g/mol. The SMILES string of the molecule is CCc1ccc(CN(C)C(=O)NC(C)C2CCCO2)cc1. The molecule has 4 heteroatoms. The molecule has 0 aromatic heterocycles. The Morgan fingerprint density at radius 3 is 2.62 bits per heavy atom. The van der Waals surface area contributed by atoms with Gasteiger partial charge in [-0.25, -0.2) is 4.79 Å². The van der Waals surface area contributed by atoms with E-state index in [0.29, 0.717) is 6.54 Å². The number of amides is 2. The predicted molar refractivity (Wildman–Crippen MR) is 84.3 cm³/mol. The molecule has 2 atom stereocenters. The van der Waals surface area contributed by atoms with Gasteiger partial charge in [0.2, 0.25) is 0 Å². The third-order valence-electron chi connectivity index (χ3n) is 4.07. The van der Waals surface area contributed by atoms with Gasteiger partial charge < -0.3 is 15.0 Å². The molecule has 0 spiro atoms. The monoisotopic (exact) mass is 290 g/mol. The molecule has 2 amide bonds. The van der Waals surface area contributed by atoms with Crippen molar-refractivity contribution in [2.24, 2.45) is 0 Å². The maximum Gasteiger partial charge on any atom is 0.317 e. The Kier molecular flexibility index (Phi) is 5.62. The lowest BCUT2D eigenvalue weighted by Crippen LogP contribution is -2.46. The highest BCUT2D eigenvalue weighted by atomic mass is 16.5. The molecule has 1 aliphatic rings. The number of carbonyl (C=O) groups is 1. The highest BCUT2D eigenvalue weighted by Gasteiger charge is 2.24. The van der Waals surface area contributed by atoms with Crippen LogP contribution in [0, 0.1) is 0 Å². The Labute approximate surface area is 127 Å². The second-order valence-electron chi connectivity index (χ2n) is 5.82. The first kappa shape index (κ1) is 15.8. The van der Waals surface area contributed by atoms with Crippen molar-refractivity contribution < 1.29 is 9.53 Å². The minimum absolute atomic E-state index is 0.0439. The van der Waals surface area contributed by atoms with Crippen molar-refractivity contribution in [1.29, 1.82) is 0 Å². The zero-order valence-electron chi connectivity index (χ0n) is 13.3. The lowest BCUT2D eigenvalue weighted by atomic mass is 10.1. The van der Waals surface area contributed by atoms with E-state index in [2.05, 4.69) is 36.5 Å². The summed E-state index contributed by atoms with van der Waals surface area (Å²) in [6.07, 6.45) is 3.31. The van der Waals surface area contributed by atoms with E-state index >= 15 is 0 Å². The van der Waals surface area contributed by atoms with E-state index in [-0.39, 0.29) is 18.2 Å². The maximum atomic E-state index is 12.2. The average Bonchev–Trinajstić information content (AvgIpc) is 3.02. The first-order valence-electron chi connectivity index (χ1n) is 7.81. The van der Waals surface area contributed by atoms with Gasteiger partial charge in [-0.2, -0.15) is 0 Å². The van der Waals surface area contributed by atoms with Gasteiger partial charge in [-0.1, -0.05) is 31.2 Å². The van der Waals surface area contributed by atoms with E-state index in [1.807, 2.05) is 14.0 Å². The van der Waals surface area contributed by atoms with Crippen LogP contribution in [0.4, 0.5) is 4.79 Å². The van der Waals surface area contributed by atoms with Crippen LogP contribution in [0.25, 0.3) is 0 Å². The van der Waals surface area contributed by atoms with Crippen LogP contribution in [-0.4, -0.2) is 36.7 Å². The Hall–Kier alpha value is -1.55. The standard InChI is InChI=1S/C17H26N2O2/c1-4-14-7-9-15(10-8-14)12-19(3)17(20)18-13(2)16-6-5-11-21-16/h7-10,13,16H,4-6,11-12H2,1-3H3,(H,18,20). The molecule has 0 saturated carbocycles. The highest BCUT2D eigenvalue weighted by Crippen LogP contribution is 2.15. The number of rotatable bonds is 5. The molecule has 0 aliphatic carbocycles. The van der Waals surface area contributed by atoms with Crippen LogP contribution in [-0.2, 0) is 17.7 Å². The third kappa shape index (κ3) is 4.46. The van der Waals surface area contributed by atoms with E-state index in [0.717, 1.165) is 31.4 Å². The van der Waals surface area contributed by atoms with Crippen molar-refractivity contribution in [1.82, 2.24) is 10.2 Å². The number of hydrogen-bond acceptors (Lipinski definition) is 2. The molecule has 1 aliphatic heterocycles. The molecular formula is C17H26N2O2. The summed E-state index contributed by atoms with van der Waals surface area (Å²) in [6, 6.07) is 8.44. The molecule has 1 saturated heterocycles. The number of nitrogens with one attached hydrogen (secondary N) is 1. The van der Waals surface area contributed by atoms with Gasteiger partial charge in [-0.3, -0.25) is 0 Å². The Morgan fingerprint density at radius 1 is 1.38 bits per heavy atom. The van der Waals surface area contributed by atoms with Crippen LogP contribution < -0.4 is 5.32 Å². The van der Waals surface area contributed by atoms with Crippen LogP contribution in [0.5, 0.6) is 0 Å². The lowest BCUT2D eigenvalue weighted by Gasteiger charge is -2.24. The van der Waals surface area contributed by atoms with Crippen LogP contribution in [0.3, 0.4) is 0 Å². The summed E-state index contributed by atoms with van der Waals surface area (Å²) >= 11 is 0. The molecule has 1 N–H and O–H groups in total. The van der Waals surface area contributed by atoms with Crippen molar-refractivity contribution in [2.45, 2.75) is 51.8 Å². The van der Waals surface area contributed by atoms with Crippen LogP contribution in [0.1, 0.15) is 37.8 Å². The summed E-state index contributed by atoms with van der Waals surface area (Å²) in [4.78, 5) is 13.9. The summed E-state index contributed by atoms with van der Waals surface area (Å²) in [6.45, 7) is 5.58. The largest absolute Gasteiger partial charge is 0.376 e. The van der Waals surface area contributed by atoms with E-state index in [4.69, 9.17) is 4.74 Å². The maximum absolute atomic E-state index is 12.2. The minimum Gasteiger partial charge on any atom is -0.376 e. The molecule has 1 heterocycles. The number of nitrogens with zero attached hydrogens (tertiary/aromatic N) is 1. The number of carbonyl (C=O) groups excluding carboxylic acids is 1. The third-order valence-corrected chi connectivity index (χ3v) is 4.07. The summed E-state index contributed by atoms with van der Waals surface area (Å²) in [7, 11) is 1.82. The van der Waals surface area contributed by atoms with Crippen molar-refractivity contribution in [2.75, 3.05) is 13.7 Å². The van der Waals surface area contributed by atoms with E-state index < -0.39 is 0 Å². The molecule has 2 rings (SSSR count). The molecule has 4 nitrogen and oxygen atoms in total. The smallest absolute Gasteiger partial charge is 0.317 e. The fraction of sp³-hybridized carbons (Fsp3) is 0.588. The molecule has 21 heavy (non-hydrogen) atoms. The number of ether oxygens (including phenoxy) is 1. The first-order valence-corrected chi connectivity index (χ1v) is 7.81. The van der Waals surface area contributed by atoms with Crippen molar-refractivity contribution in [3.63, 3.8) is 0 Å². The molecule has 1 aromatic rings. The molecule has 0 bridgehead atoms.